The summed E-state index contributed by atoms with van der Waals surface area (Å²) < 4.78 is 0. The van der Waals surface area contributed by atoms with E-state index >= 15 is 0 Å². The zero-order valence-electron chi connectivity index (χ0n) is 6.18. The van der Waals surface area contributed by atoms with E-state index < -0.39 is 0 Å². The third-order valence-electron chi connectivity index (χ3n) is 1.13. The van der Waals surface area contributed by atoms with Gasteiger partial charge in [0.25, 0.3) is 0 Å². The molecule has 0 aromatic carbocycles. The third kappa shape index (κ3) is 5.00. The molecule has 0 atom stereocenters. The maximum Gasteiger partial charge on any atom is 3.00 e. The first-order valence-electron chi connectivity index (χ1n) is 2.59. The molecule has 0 aromatic heterocycles. The van der Waals surface area contributed by atoms with Crippen LogP contribution in [0.25, 0.3) is 0 Å². The Morgan fingerprint density at radius 1 is 1.44 bits per heavy atom. The second-order valence-electron chi connectivity index (χ2n) is 1.61. The second kappa shape index (κ2) is 6.65. The first kappa shape index (κ1) is 12.2. The van der Waals surface area contributed by atoms with Gasteiger partial charge >= 0.3 is 32.7 Å². The standard InChI is InChI=1S/C5H12N3.Y/c1-4-7(2)8(3)5-6;/h6H,4H2,1-3H3;/q-1;+3. The van der Waals surface area contributed by atoms with Gasteiger partial charge in [0, 0.05) is 13.6 Å². The van der Waals surface area contributed by atoms with Crippen LogP contribution in [0, 0.1) is 5.41 Å². The van der Waals surface area contributed by atoms with Crippen LogP contribution in [-0.4, -0.2) is 37.0 Å². The molecule has 48 valence electrons. The maximum absolute atomic E-state index is 6.68. The van der Waals surface area contributed by atoms with Gasteiger partial charge in [-0.05, 0) is 7.05 Å². The van der Waals surface area contributed by atoms with Crippen LogP contribution in [0.2, 0.25) is 0 Å². The molecule has 0 saturated carbocycles. The van der Waals surface area contributed by atoms with Crippen molar-refractivity contribution in [3.63, 3.8) is 0 Å². The minimum atomic E-state index is 0. The number of hydrogen-bond acceptors (Lipinski definition) is 2. The topological polar surface area (TPSA) is 30.3 Å². The fourth-order valence-electron chi connectivity index (χ4n) is 0.297. The summed E-state index contributed by atoms with van der Waals surface area (Å²) in [5, 5.41) is 10.2. The predicted molar refractivity (Wildman–Crippen MR) is 33.8 cm³/mol. The molecule has 3 nitrogen and oxygen atoms in total. The number of rotatable bonds is 3. The molecule has 9 heavy (non-hydrogen) atoms. The van der Waals surface area contributed by atoms with Crippen molar-refractivity contribution in [3.05, 3.63) is 0 Å². The molecule has 0 aliphatic heterocycles. The van der Waals surface area contributed by atoms with Crippen molar-refractivity contribution in [2.75, 3.05) is 20.6 Å². The number of hydrogen-bond donors (Lipinski definition) is 1. The molecule has 1 N–H and O–H groups in total. The fraction of sp³-hybridized carbons (Fsp3) is 0.800. The van der Waals surface area contributed by atoms with Crippen molar-refractivity contribution < 1.29 is 32.7 Å². The minimum Gasteiger partial charge on any atom is -0.497 e. The predicted octanol–water partition coefficient (Wildman–Crippen LogP) is 0.266. The summed E-state index contributed by atoms with van der Waals surface area (Å²) in [6.45, 7) is 2.93. The van der Waals surface area contributed by atoms with Crippen molar-refractivity contribution in [2.45, 2.75) is 6.92 Å². The van der Waals surface area contributed by atoms with Crippen LogP contribution in [-0.2, 0) is 32.7 Å². The molecule has 0 unspecified atom stereocenters. The third-order valence-corrected chi connectivity index (χ3v) is 1.13. The molecule has 0 bridgehead atoms. The Balaban J connectivity index is 0. The number of nitrogens with zero attached hydrogens (tertiary/aromatic N) is 2. The summed E-state index contributed by atoms with van der Waals surface area (Å²) in [5.41, 5.74) is 0. The number of nitrogens with one attached hydrogen (secondary N) is 1. The molecule has 0 aliphatic carbocycles. The monoisotopic (exact) mass is 203 g/mol. The summed E-state index contributed by atoms with van der Waals surface area (Å²) >= 11 is 0. The SMILES string of the molecule is CCN(C)N(C)[C-]=N.[Y+3]. The molecule has 0 saturated heterocycles. The molecule has 0 amide bonds. The minimum absolute atomic E-state index is 0. The Bertz CT molecular complexity index is 76.6. The Labute approximate surface area is 81.8 Å². The van der Waals surface area contributed by atoms with Crippen LogP contribution in [0.1, 0.15) is 6.92 Å². The first-order valence-corrected chi connectivity index (χ1v) is 2.59. The smallest absolute Gasteiger partial charge is 0.497 e. The van der Waals surface area contributed by atoms with Crippen molar-refractivity contribution in [1.29, 1.82) is 5.41 Å². The Kier molecular flexibility index (Phi) is 9.04. The molecule has 0 heterocycles. The van der Waals surface area contributed by atoms with E-state index in [2.05, 4.69) is 6.34 Å². The van der Waals surface area contributed by atoms with Crippen LogP contribution in [0.5, 0.6) is 0 Å². The first-order chi connectivity index (χ1) is 3.72. The Morgan fingerprint density at radius 3 is 2.00 bits per heavy atom. The van der Waals surface area contributed by atoms with E-state index in [4.69, 9.17) is 5.41 Å². The fourth-order valence-corrected chi connectivity index (χ4v) is 0.297. The van der Waals surface area contributed by atoms with Gasteiger partial charge in [-0.15, -0.1) is 0 Å². The zero-order chi connectivity index (χ0) is 6.57. The molecular formula is C5H12N3Y+2. The molecule has 0 rings (SSSR count). The van der Waals surface area contributed by atoms with Crippen molar-refractivity contribution >= 4 is 6.34 Å². The van der Waals surface area contributed by atoms with Gasteiger partial charge in [0.1, 0.15) is 0 Å². The quantitative estimate of drug-likeness (QED) is 0.234. The number of hydrazine groups is 1. The van der Waals surface area contributed by atoms with Crippen LogP contribution in [0.4, 0.5) is 0 Å². The van der Waals surface area contributed by atoms with Gasteiger partial charge in [-0.3, -0.25) is 11.3 Å². The Morgan fingerprint density at radius 2 is 1.89 bits per heavy atom. The summed E-state index contributed by atoms with van der Waals surface area (Å²) in [4.78, 5) is 0. The van der Waals surface area contributed by atoms with E-state index in [1.54, 1.807) is 12.1 Å². The Hall–Kier alpha value is 0.534. The maximum atomic E-state index is 6.68. The van der Waals surface area contributed by atoms with Crippen LogP contribution in [0.15, 0.2) is 0 Å². The van der Waals surface area contributed by atoms with Gasteiger partial charge in [-0.25, -0.2) is 0 Å². The van der Waals surface area contributed by atoms with Crippen LogP contribution < -0.4 is 0 Å². The van der Waals surface area contributed by atoms with E-state index in [1.165, 1.54) is 0 Å². The average Bonchev–Trinajstić information content (AvgIpc) is 1.84. The van der Waals surface area contributed by atoms with E-state index in [1.807, 2.05) is 19.0 Å². The zero-order valence-corrected chi connectivity index (χ0v) is 9.02. The van der Waals surface area contributed by atoms with Gasteiger partial charge in [0.15, 0.2) is 0 Å². The molecule has 0 spiro atoms. The molecule has 0 aromatic rings. The van der Waals surface area contributed by atoms with E-state index in [-0.39, 0.29) is 32.7 Å². The summed E-state index contributed by atoms with van der Waals surface area (Å²) in [6, 6.07) is 0. The van der Waals surface area contributed by atoms with Gasteiger partial charge in [0.2, 0.25) is 0 Å². The normalized spacial score (nSPS) is 8.44. The summed E-state index contributed by atoms with van der Waals surface area (Å²) in [6.07, 6.45) is 2.22. The van der Waals surface area contributed by atoms with E-state index in [0.29, 0.717) is 0 Å². The van der Waals surface area contributed by atoms with Crippen molar-refractivity contribution in [2.24, 2.45) is 0 Å². The van der Waals surface area contributed by atoms with Crippen molar-refractivity contribution in [3.8, 4) is 0 Å². The van der Waals surface area contributed by atoms with Gasteiger partial charge in [-0.2, -0.15) is 0 Å². The van der Waals surface area contributed by atoms with Gasteiger partial charge in [0.05, 0.1) is 0 Å². The molecule has 0 radical (unpaired) electrons. The molecule has 4 heteroatoms. The second-order valence-corrected chi connectivity index (χ2v) is 1.61. The molecule has 0 fully saturated rings. The molecule has 0 aliphatic rings. The average molecular weight is 203 g/mol. The van der Waals surface area contributed by atoms with Crippen molar-refractivity contribution in [1.82, 2.24) is 10.0 Å². The molecular weight excluding hydrogens is 191 g/mol. The van der Waals surface area contributed by atoms with E-state index in [9.17, 15) is 0 Å². The summed E-state index contributed by atoms with van der Waals surface area (Å²) in [7, 11) is 3.69. The van der Waals surface area contributed by atoms with E-state index in [0.717, 1.165) is 6.54 Å². The van der Waals surface area contributed by atoms with Gasteiger partial charge in [-0.1, -0.05) is 6.92 Å². The van der Waals surface area contributed by atoms with Crippen LogP contribution >= 0.6 is 0 Å². The van der Waals surface area contributed by atoms with Crippen LogP contribution in [0.3, 0.4) is 0 Å². The summed E-state index contributed by atoms with van der Waals surface area (Å²) in [5.74, 6) is 0. The van der Waals surface area contributed by atoms with Gasteiger partial charge < -0.3 is 10.4 Å². The largest absolute Gasteiger partial charge is 3.00 e.